The van der Waals surface area contributed by atoms with Crippen LogP contribution in [0.1, 0.15) is 52.0 Å². The van der Waals surface area contributed by atoms with Crippen LogP contribution in [0.2, 0.25) is 0 Å². The van der Waals surface area contributed by atoms with E-state index in [1.807, 2.05) is 18.2 Å². The number of amides is 2. The average Bonchev–Trinajstić information content (AvgIpc) is 3.18. The van der Waals surface area contributed by atoms with E-state index in [4.69, 9.17) is 0 Å². The summed E-state index contributed by atoms with van der Waals surface area (Å²) in [7, 11) is 0. The summed E-state index contributed by atoms with van der Waals surface area (Å²) < 4.78 is 27.6. The minimum Gasteiger partial charge on any atom is -0.390 e. The minimum atomic E-state index is -1.03. The lowest BCUT2D eigenvalue weighted by molar-refractivity contribution is -0.123. The molecule has 6 nitrogen and oxygen atoms in total. The number of hydrogen-bond donors (Lipinski definition) is 4. The maximum atomic E-state index is 13.8. The van der Waals surface area contributed by atoms with E-state index in [2.05, 4.69) is 28.9 Å². The first-order valence-electron chi connectivity index (χ1n) is 12.4. The summed E-state index contributed by atoms with van der Waals surface area (Å²) in [6, 6.07) is 17.0. The van der Waals surface area contributed by atoms with Crippen molar-refractivity contribution in [3.05, 3.63) is 106 Å². The molecule has 0 spiro atoms. The molecule has 0 radical (unpaired) electrons. The van der Waals surface area contributed by atoms with Crippen molar-refractivity contribution in [2.75, 3.05) is 6.54 Å². The lowest BCUT2D eigenvalue weighted by atomic mass is 9.99. The van der Waals surface area contributed by atoms with Crippen LogP contribution in [0.15, 0.2) is 66.7 Å². The number of aliphatic hydroxyl groups excluding tert-OH is 1. The first kappa shape index (κ1) is 26.4. The number of carbonyl (C=O) groups is 2. The zero-order valence-electron chi connectivity index (χ0n) is 20.6. The Bertz CT molecular complexity index is 1250. The van der Waals surface area contributed by atoms with Gasteiger partial charge in [0.1, 0.15) is 11.6 Å². The standard InChI is InChI=1S/C29H31F2N3O3/c1-2-18-6-5-7-19(10-18)16-32-17-27(35)26(13-20-11-21(30)14-22(31)12-20)33-28(36)15-25-23-8-3-4-9-24(23)29(37)34-25/h3-12,14,25-27,32,35H,2,13,15-17H2,1H3,(H,33,36)(H,34,37)/t25?,26-,27+/m0/s1. The normalized spacial score (nSPS) is 16.1. The summed E-state index contributed by atoms with van der Waals surface area (Å²) in [4.78, 5) is 25.2. The van der Waals surface area contributed by atoms with Crippen molar-refractivity contribution in [1.82, 2.24) is 16.0 Å². The van der Waals surface area contributed by atoms with Gasteiger partial charge in [-0.25, -0.2) is 8.78 Å². The van der Waals surface area contributed by atoms with E-state index in [0.717, 1.165) is 23.6 Å². The number of fused-ring (bicyclic) bond motifs is 1. The molecule has 37 heavy (non-hydrogen) atoms. The molecule has 3 atom stereocenters. The molecule has 1 aliphatic heterocycles. The van der Waals surface area contributed by atoms with Crippen LogP contribution < -0.4 is 16.0 Å². The molecule has 3 aromatic carbocycles. The van der Waals surface area contributed by atoms with Gasteiger partial charge in [-0.1, -0.05) is 49.4 Å². The minimum absolute atomic E-state index is 0.0271. The fraction of sp³-hybridized carbons (Fsp3) is 0.310. The Morgan fingerprint density at radius 2 is 1.73 bits per heavy atom. The van der Waals surface area contributed by atoms with E-state index in [1.165, 1.54) is 17.7 Å². The summed E-state index contributed by atoms with van der Waals surface area (Å²) in [6.45, 7) is 2.75. The van der Waals surface area contributed by atoms with Crippen molar-refractivity contribution >= 4 is 11.8 Å². The lowest BCUT2D eigenvalue weighted by Gasteiger charge is -2.26. The molecule has 3 aromatic rings. The Kier molecular flexibility index (Phi) is 8.63. The smallest absolute Gasteiger partial charge is 0.252 e. The Balaban J connectivity index is 1.42. The maximum absolute atomic E-state index is 13.8. The van der Waals surface area contributed by atoms with Gasteiger partial charge in [0.05, 0.1) is 24.6 Å². The van der Waals surface area contributed by atoms with Crippen molar-refractivity contribution < 1.29 is 23.5 Å². The molecule has 0 aliphatic carbocycles. The van der Waals surface area contributed by atoms with Crippen LogP contribution in [0.4, 0.5) is 8.78 Å². The number of nitrogens with one attached hydrogen (secondary N) is 3. The highest BCUT2D eigenvalue weighted by Gasteiger charge is 2.31. The number of hydrogen-bond acceptors (Lipinski definition) is 4. The van der Waals surface area contributed by atoms with Crippen LogP contribution >= 0.6 is 0 Å². The predicted molar refractivity (Wildman–Crippen MR) is 137 cm³/mol. The van der Waals surface area contributed by atoms with Gasteiger partial charge in [-0.2, -0.15) is 0 Å². The molecule has 4 N–H and O–H groups in total. The van der Waals surface area contributed by atoms with Gasteiger partial charge in [-0.05, 0) is 53.3 Å². The highest BCUT2D eigenvalue weighted by atomic mass is 19.1. The molecule has 2 amide bonds. The zero-order chi connectivity index (χ0) is 26.4. The van der Waals surface area contributed by atoms with Gasteiger partial charge >= 0.3 is 0 Å². The molecule has 0 saturated heterocycles. The molecule has 1 unspecified atom stereocenters. The molecule has 0 aromatic heterocycles. The Labute approximate surface area is 215 Å². The molecule has 1 aliphatic rings. The average molecular weight is 508 g/mol. The Morgan fingerprint density at radius 3 is 2.49 bits per heavy atom. The van der Waals surface area contributed by atoms with Gasteiger partial charge in [0.25, 0.3) is 5.91 Å². The second-order valence-corrected chi connectivity index (χ2v) is 9.35. The van der Waals surface area contributed by atoms with Crippen LogP contribution in [-0.4, -0.2) is 35.6 Å². The summed E-state index contributed by atoms with van der Waals surface area (Å²) >= 11 is 0. The largest absolute Gasteiger partial charge is 0.390 e. The number of aryl methyl sites for hydroxylation is 1. The first-order valence-corrected chi connectivity index (χ1v) is 12.4. The number of benzene rings is 3. The van der Waals surface area contributed by atoms with Gasteiger partial charge in [0, 0.05) is 24.7 Å². The van der Waals surface area contributed by atoms with Gasteiger partial charge in [-0.3, -0.25) is 9.59 Å². The quantitative estimate of drug-likeness (QED) is 0.319. The second kappa shape index (κ2) is 12.1. The molecule has 8 heteroatoms. The van der Waals surface area contributed by atoms with Crippen LogP contribution in [0.3, 0.4) is 0 Å². The van der Waals surface area contributed by atoms with Crippen LogP contribution in [-0.2, 0) is 24.2 Å². The molecule has 1 heterocycles. The number of aliphatic hydroxyl groups is 1. The van der Waals surface area contributed by atoms with E-state index in [-0.39, 0.29) is 25.3 Å². The third-order valence-electron chi connectivity index (χ3n) is 6.55. The zero-order valence-corrected chi connectivity index (χ0v) is 20.6. The number of halogens is 2. The Hall–Kier alpha value is -3.62. The molecule has 0 saturated carbocycles. The van der Waals surface area contributed by atoms with Crippen molar-refractivity contribution in [1.29, 1.82) is 0 Å². The van der Waals surface area contributed by atoms with E-state index in [9.17, 15) is 23.5 Å². The first-order chi connectivity index (χ1) is 17.8. The number of carbonyl (C=O) groups excluding carboxylic acids is 2. The van der Waals surface area contributed by atoms with E-state index in [0.29, 0.717) is 17.7 Å². The highest BCUT2D eigenvalue weighted by Crippen LogP contribution is 2.27. The van der Waals surface area contributed by atoms with Gasteiger partial charge in [-0.15, -0.1) is 0 Å². The van der Waals surface area contributed by atoms with Gasteiger partial charge in [0.2, 0.25) is 5.91 Å². The maximum Gasteiger partial charge on any atom is 0.252 e. The predicted octanol–water partition coefficient (Wildman–Crippen LogP) is 3.58. The van der Waals surface area contributed by atoms with Crippen LogP contribution in [0.25, 0.3) is 0 Å². The highest BCUT2D eigenvalue weighted by molar-refractivity contribution is 5.99. The second-order valence-electron chi connectivity index (χ2n) is 9.35. The third kappa shape index (κ3) is 6.99. The lowest BCUT2D eigenvalue weighted by Crippen LogP contribution is -2.49. The molecule has 194 valence electrons. The molecule has 4 rings (SSSR count). The SMILES string of the molecule is CCc1cccc(CNC[C@@H](O)[C@H](Cc2cc(F)cc(F)c2)NC(=O)CC2NC(=O)c3ccccc32)c1. The van der Waals surface area contributed by atoms with Crippen molar-refractivity contribution in [2.45, 2.75) is 50.9 Å². The van der Waals surface area contributed by atoms with Crippen molar-refractivity contribution in [2.24, 2.45) is 0 Å². The van der Waals surface area contributed by atoms with Gasteiger partial charge < -0.3 is 21.1 Å². The topological polar surface area (TPSA) is 90.5 Å². The molecule has 0 fully saturated rings. The summed E-state index contributed by atoms with van der Waals surface area (Å²) in [5.74, 6) is -2.09. The van der Waals surface area contributed by atoms with Crippen molar-refractivity contribution in [3.8, 4) is 0 Å². The third-order valence-corrected chi connectivity index (χ3v) is 6.55. The Morgan fingerprint density at radius 1 is 1.00 bits per heavy atom. The molecular formula is C29H31F2N3O3. The molecule has 0 bridgehead atoms. The molecular weight excluding hydrogens is 476 g/mol. The fourth-order valence-corrected chi connectivity index (χ4v) is 4.67. The van der Waals surface area contributed by atoms with E-state index < -0.39 is 35.7 Å². The summed E-state index contributed by atoms with van der Waals surface area (Å²) in [5.41, 5.74) is 3.86. The summed E-state index contributed by atoms with van der Waals surface area (Å²) in [5, 5.41) is 19.8. The fourth-order valence-electron chi connectivity index (χ4n) is 4.67. The van der Waals surface area contributed by atoms with Gasteiger partial charge in [0.15, 0.2) is 0 Å². The summed E-state index contributed by atoms with van der Waals surface area (Å²) in [6.07, 6.45) is -0.112. The van der Waals surface area contributed by atoms with Crippen molar-refractivity contribution in [3.63, 3.8) is 0 Å². The van der Waals surface area contributed by atoms with E-state index in [1.54, 1.807) is 24.3 Å². The van der Waals surface area contributed by atoms with Crippen LogP contribution in [0, 0.1) is 11.6 Å². The number of rotatable bonds is 11. The van der Waals surface area contributed by atoms with E-state index >= 15 is 0 Å². The van der Waals surface area contributed by atoms with Crippen LogP contribution in [0.5, 0.6) is 0 Å². The monoisotopic (exact) mass is 507 g/mol.